The smallest absolute Gasteiger partial charge is 0.333 e. The van der Waals surface area contributed by atoms with Crippen LogP contribution in [-0.4, -0.2) is 44.7 Å². The molecule has 0 saturated heterocycles. The van der Waals surface area contributed by atoms with Crippen molar-refractivity contribution in [3.8, 4) is 11.4 Å². The van der Waals surface area contributed by atoms with E-state index >= 15 is 0 Å². The Morgan fingerprint density at radius 3 is 2.48 bits per heavy atom. The van der Waals surface area contributed by atoms with Crippen LogP contribution in [0.15, 0.2) is 24.3 Å². The van der Waals surface area contributed by atoms with Crippen molar-refractivity contribution >= 4 is 23.5 Å². The third-order valence-electron chi connectivity index (χ3n) is 4.20. The predicted octanol–water partition coefficient (Wildman–Crippen LogP) is 2.65. The van der Waals surface area contributed by atoms with Gasteiger partial charge in [-0.15, -0.1) is 15.0 Å². The minimum absolute atomic E-state index is 0.00269. The maximum absolute atomic E-state index is 12.3. The summed E-state index contributed by atoms with van der Waals surface area (Å²) < 4.78 is 5.13. The van der Waals surface area contributed by atoms with Crippen molar-refractivity contribution in [1.29, 1.82) is 0 Å². The van der Waals surface area contributed by atoms with Crippen LogP contribution in [0.3, 0.4) is 0 Å². The van der Waals surface area contributed by atoms with Gasteiger partial charge in [0.2, 0.25) is 5.82 Å². The monoisotopic (exact) mass is 393 g/mol. The zero-order chi connectivity index (χ0) is 20.0. The number of nitrogens with zero attached hydrogens (tertiary/aromatic N) is 4. The Morgan fingerprint density at radius 1 is 1.22 bits per heavy atom. The highest BCUT2D eigenvalue weighted by Gasteiger charge is 2.24. The van der Waals surface area contributed by atoms with Gasteiger partial charge in [0.1, 0.15) is 0 Å². The van der Waals surface area contributed by atoms with E-state index in [1.54, 1.807) is 31.2 Å². The van der Waals surface area contributed by atoms with Crippen LogP contribution in [0.2, 0.25) is 5.02 Å². The number of carbonyl (C=O) groups excluding carboxylic acids is 2. The number of nitrogens with one attached hydrogen (secondary N) is 1. The van der Waals surface area contributed by atoms with Crippen LogP contribution in [0.5, 0.6) is 0 Å². The number of halogens is 1. The quantitative estimate of drug-likeness (QED) is 0.692. The van der Waals surface area contributed by atoms with Gasteiger partial charge in [-0.25, -0.2) is 4.79 Å². The van der Waals surface area contributed by atoms with E-state index in [0.717, 1.165) is 5.56 Å². The van der Waals surface area contributed by atoms with E-state index in [0.29, 0.717) is 23.2 Å². The standard InChI is InChI=1S/C18H24ClN5O3/c1-5-15(18(26)27-10-16(25)20-12(4)11(2)3)24-22-17(21-23-24)13-6-8-14(19)9-7-13/h6-9,11-12,15H,5,10H2,1-4H3,(H,20,25). The van der Waals surface area contributed by atoms with Crippen molar-refractivity contribution in [2.24, 2.45) is 5.92 Å². The first-order valence-corrected chi connectivity index (χ1v) is 9.21. The minimum atomic E-state index is -0.756. The normalized spacial score (nSPS) is 13.3. The summed E-state index contributed by atoms with van der Waals surface area (Å²) in [6.45, 7) is 7.36. The number of tetrazole rings is 1. The molecule has 1 amide bonds. The lowest BCUT2D eigenvalue weighted by molar-refractivity contribution is -0.152. The first kappa shape index (κ1) is 20.8. The lowest BCUT2D eigenvalue weighted by atomic mass is 10.1. The Kier molecular flexibility index (Phi) is 7.29. The van der Waals surface area contributed by atoms with Gasteiger partial charge < -0.3 is 10.1 Å². The first-order chi connectivity index (χ1) is 12.8. The lowest BCUT2D eigenvalue weighted by Crippen LogP contribution is -2.39. The number of benzene rings is 1. The van der Waals surface area contributed by atoms with Gasteiger partial charge in [-0.05, 0) is 48.7 Å². The fourth-order valence-corrected chi connectivity index (χ4v) is 2.32. The summed E-state index contributed by atoms with van der Waals surface area (Å²) in [4.78, 5) is 25.4. The average molecular weight is 394 g/mol. The highest BCUT2D eigenvalue weighted by atomic mass is 35.5. The number of carbonyl (C=O) groups is 2. The van der Waals surface area contributed by atoms with Crippen LogP contribution in [0.4, 0.5) is 0 Å². The van der Waals surface area contributed by atoms with Gasteiger partial charge in [-0.3, -0.25) is 4.79 Å². The third kappa shape index (κ3) is 5.75. The number of amides is 1. The van der Waals surface area contributed by atoms with Gasteiger partial charge in [0.25, 0.3) is 5.91 Å². The number of hydrogen-bond donors (Lipinski definition) is 1. The Morgan fingerprint density at radius 2 is 1.89 bits per heavy atom. The second-order valence-corrected chi connectivity index (χ2v) is 7.01. The molecule has 8 nitrogen and oxygen atoms in total. The molecule has 1 aromatic carbocycles. The summed E-state index contributed by atoms with van der Waals surface area (Å²) in [5, 5.41) is 15.6. The summed E-state index contributed by atoms with van der Waals surface area (Å²) in [6, 6.07) is 6.22. The van der Waals surface area contributed by atoms with Crippen LogP contribution in [0.1, 0.15) is 40.2 Å². The maximum atomic E-state index is 12.3. The second kappa shape index (κ2) is 9.45. The number of rotatable bonds is 8. The van der Waals surface area contributed by atoms with Crippen molar-refractivity contribution in [3.05, 3.63) is 29.3 Å². The van der Waals surface area contributed by atoms with E-state index in [2.05, 4.69) is 20.7 Å². The summed E-state index contributed by atoms with van der Waals surface area (Å²) >= 11 is 5.87. The van der Waals surface area contributed by atoms with E-state index in [1.807, 2.05) is 20.8 Å². The van der Waals surface area contributed by atoms with E-state index in [4.69, 9.17) is 16.3 Å². The van der Waals surface area contributed by atoms with E-state index < -0.39 is 12.0 Å². The van der Waals surface area contributed by atoms with Crippen molar-refractivity contribution in [3.63, 3.8) is 0 Å². The Balaban J connectivity index is 1.98. The average Bonchev–Trinajstić information content (AvgIpc) is 3.10. The molecule has 146 valence electrons. The SMILES string of the molecule is CCC(C(=O)OCC(=O)NC(C)C(C)C)n1nnc(-c2ccc(Cl)cc2)n1. The zero-order valence-electron chi connectivity index (χ0n) is 15.8. The molecule has 0 fully saturated rings. The summed E-state index contributed by atoms with van der Waals surface area (Å²) in [5.41, 5.74) is 0.732. The Bertz CT molecular complexity index is 776. The number of esters is 1. The van der Waals surface area contributed by atoms with Gasteiger partial charge in [0, 0.05) is 16.6 Å². The molecular weight excluding hydrogens is 370 g/mol. The maximum Gasteiger partial charge on any atom is 0.333 e. The largest absolute Gasteiger partial charge is 0.454 e. The highest BCUT2D eigenvalue weighted by Crippen LogP contribution is 2.19. The van der Waals surface area contributed by atoms with Crippen molar-refractivity contribution < 1.29 is 14.3 Å². The Hall–Kier alpha value is -2.48. The van der Waals surface area contributed by atoms with Crippen molar-refractivity contribution in [2.45, 2.75) is 46.2 Å². The molecule has 0 radical (unpaired) electrons. The molecule has 0 saturated carbocycles. The van der Waals surface area contributed by atoms with Gasteiger partial charge in [-0.1, -0.05) is 32.4 Å². The van der Waals surface area contributed by atoms with E-state index in [-0.39, 0.29) is 18.6 Å². The molecule has 9 heteroatoms. The molecule has 27 heavy (non-hydrogen) atoms. The van der Waals surface area contributed by atoms with Crippen LogP contribution >= 0.6 is 11.6 Å². The molecule has 2 aromatic rings. The molecule has 0 aliphatic heterocycles. The fraction of sp³-hybridized carbons (Fsp3) is 0.500. The van der Waals surface area contributed by atoms with Gasteiger partial charge >= 0.3 is 5.97 Å². The molecule has 1 N–H and O–H groups in total. The zero-order valence-corrected chi connectivity index (χ0v) is 16.6. The highest BCUT2D eigenvalue weighted by molar-refractivity contribution is 6.30. The molecule has 0 aliphatic carbocycles. The third-order valence-corrected chi connectivity index (χ3v) is 4.45. The van der Waals surface area contributed by atoms with Gasteiger partial charge in [-0.2, -0.15) is 0 Å². The van der Waals surface area contributed by atoms with E-state index in [9.17, 15) is 9.59 Å². The van der Waals surface area contributed by atoms with E-state index in [1.165, 1.54) is 4.80 Å². The first-order valence-electron chi connectivity index (χ1n) is 8.83. The molecule has 1 heterocycles. The summed E-state index contributed by atoms with van der Waals surface area (Å²) in [5.74, 6) is -0.252. The minimum Gasteiger partial charge on any atom is -0.454 e. The predicted molar refractivity (Wildman–Crippen MR) is 101 cm³/mol. The lowest BCUT2D eigenvalue weighted by Gasteiger charge is -2.18. The molecule has 2 atom stereocenters. The van der Waals surface area contributed by atoms with Gasteiger partial charge in [0.05, 0.1) is 0 Å². The Labute approximate surface area is 163 Å². The van der Waals surface area contributed by atoms with Crippen LogP contribution in [-0.2, 0) is 14.3 Å². The number of hydrogen-bond acceptors (Lipinski definition) is 6. The second-order valence-electron chi connectivity index (χ2n) is 6.57. The van der Waals surface area contributed by atoms with Gasteiger partial charge in [0.15, 0.2) is 12.6 Å². The van der Waals surface area contributed by atoms with Crippen molar-refractivity contribution in [2.75, 3.05) is 6.61 Å². The molecule has 2 rings (SSSR count). The molecular formula is C18H24ClN5O3. The van der Waals surface area contributed by atoms with Crippen LogP contribution < -0.4 is 5.32 Å². The van der Waals surface area contributed by atoms with Crippen molar-refractivity contribution in [1.82, 2.24) is 25.5 Å². The molecule has 1 aromatic heterocycles. The molecule has 0 aliphatic rings. The summed E-state index contributed by atoms with van der Waals surface area (Å²) in [6.07, 6.45) is 0.402. The topological polar surface area (TPSA) is 99.0 Å². The van der Waals surface area contributed by atoms with Crippen LogP contribution in [0.25, 0.3) is 11.4 Å². The van der Waals surface area contributed by atoms with Crippen LogP contribution in [0, 0.1) is 5.92 Å². The summed E-state index contributed by atoms with van der Waals surface area (Å²) in [7, 11) is 0. The molecule has 0 bridgehead atoms. The molecule has 0 spiro atoms. The fourth-order valence-electron chi connectivity index (χ4n) is 2.19. The number of ether oxygens (including phenoxy) is 1. The number of aromatic nitrogens is 4. The molecule has 2 unspecified atom stereocenters.